The van der Waals surface area contributed by atoms with E-state index in [1.807, 2.05) is 42.5 Å². The second kappa shape index (κ2) is 5.87. The van der Waals surface area contributed by atoms with E-state index in [1.165, 1.54) is 5.56 Å². The van der Waals surface area contributed by atoms with Gasteiger partial charge in [-0.05, 0) is 41.8 Å². The average molecular weight is 282 g/mol. The molecule has 0 fully saturated rings. The van der Waals surface area contributed by atoms with Gasteiger partial charge in [-0.3, -0.25) is 4.79 Å². The highest BCUT2D eigenvalue weighted by atomic mass is 16.5. The molecule has 2 aromatic carbocycles. The van der Waals surface area contributed by atoms with Gasteiger partial charge in [0.2, 0.25) is 0 Å². The topological polar surface area (TPSA) is 50.4 Å². The molecule has 4 heteroatoms. The lowest BCUT2D eigenvalue weighted by Gasteiger charge is -2.08. The van der Waals surface area contributed by atoms with Gasteiger partial charge in [0.1, 0.15) is 5.75 Å². The Morgan fingerprint density at radius 2 is 2.19 bits per heavy atom. The number of ether oxygens (including phenoxy) is 1. The minimum absolute atomic E-state index is 0.0608. The predicted octanol–water partition coefficient (Wildman–Crippen LogP) is 2.59. The first-order chi connectivity index (χ1) is 10.3. The number of hydrogen-bond acceptors (Lipinski definition) is 3. The number of methoxy groups -OCH3 is 1. The van der Waals surface area contributed by atoms with E-state index in [2.05, 4.69) is 10.6 Å². The molecule has 0 unspecified atom stereocenters. The molecule has 2 aromatic rings. The number of carbonyl (C=O) groups excluding carboxylic acids is 1. The van der Waals surface area contributed by atoms with E-state index in [0.717, 1.165) is 30.0 Å². The van der Waals surface area contributed by atoms with E-state index < -0.39 is 0 Å². The lowest BCUT2D eigenvalue weighted by atomic mass is 10.1. The fourth-order valence-electron chi connectivity index (χ4n) is 2.50. The maximum absolute atomic E-state index is 12.2. The van der Waals surface area contributed by atoms with Crippen LogP contribution in [0.5, 0.6) is 5.75 Å². The molecular weight excluding hydrogens is 264 g/mol. The van der Waals surface area contributed by atoms with Crippen LogP contribution >= 0.6 is 0 Å². The van der Waals surface area contributed by atoms with Crippen LogP contribution in [0, 0.1) is 0 Å². The number of anilines is 1. The van der Waals surface area contributed by atoms with Crippen LogP contribution in [0.1, 0.15) is 21.5 Å². The molecule has 1 heterocycles. The van der Waals surface area contributed by atoms with Crippen LogP contribution in [0.4, 0.5) is 5.69 Å². The molecule has 0 saturated carbocycles. The van der Waals surface area contributed by atoms with Gasteiger partial charge in [-0.25, -0.2) is 0 Å². The fourth-order valence-corrected chi connectivity index (χ4v) is 2.50. The van der Waals surface area contributed by atoms with Gasteiger partial charge >= 0.3 is 0 Å². The maximum Gasteiger partial charge on any atom is 0.251 e. The molecular formula is C17H18N2O2. The molecule has 2 N–H and O–H groups in total. The van der Waals surface area contributed by atoms with Crippen molar-refractivity contribution >= 4 is 11.6 Å². The van der Waals surface area contributed by atoms with Crippen LogP contribution in [-0.2, 0) is 13.0 Å². The molecule has 1 aliphatic rings. The monoisotopic (exact) mass is 282 g/mol. The molecule has 0 aliphatic carbocycles. The molecule has 0 spiro atoms. The third-order valence-corrected chi connectivity index (χ3v) is 3.67. The highest BCUT2D eigenvalue weighted by molar-refractivity contribution is 5.95. The number of hydrogen-bond donors (Lipinski definition) is 2. The summed E-state index contributed by atoms with van der Waals surface area (Å²) in [5.74, 6) is 0.734. The van der Waals surface area contributed by atoms with Gasteiger partial charge in [-0.15, -0.1) is 0 Å². The number of amides is 1. The molecule has 4 nitrogen and oxygen atoms in total. The predicted molar refractivity (Wildman–Crippen MR) is 82.8 cm³/mol. The van der Waals surface area contributed by atoms with Crippen LogP contribution in [0.15, 0.2) is 42.5 Å². The molecule has 0 aromatic heterocycles. The molecule has 3 rings (SSSR count). The van der Waals surface area contributed by atoms with Gasteiger partial charge in [-0.2, -0.15) is 0 Å². The molecule has 1 aliphatic heterocycles. The second-order valence-corrected chi connectivity index (χ2v) is 5.08. The Kier molecular flexibility index (Phi) is 3.77. The van der Waals surface area contributed by atoms with Crippen LogP contribution in [0.25, 0.3) is 0 Å². The van der Waals surface area contributed by atoms with Crippen LogP contribution in [-0.4, -0.2) is 19.6 Å². The Morgan fingerprint density at radius 1 is 1.29 bits per heavy atom. The molecule has 0 radical (unpaired) electrons. The third-order valence-electron chi connectivity index (χ3n) is 3.67. The summed E-state index contributed by atoms with van der Waals surface area (Å²) in [7, 11) is 1.63. The molecule has 21 heavy (non-hydrogen) atoms. The molecule has 108 valence electrons. The van der Waals surface area contributed by atoms with Crippen molar-refractivity contribution in [1.29, 1.82) is 0 Å². The maximum atomic E-state index is 12.2. The Bertz CT molecular complexity index is 668. The van der Waals surface area contributed by atoms with Gasteiger partial charge in [0.05, 0.1) is 7.11 Å². The van der Waals surface area contributed by atoms with E-state index in [0.29, 0.717) is 12.1 Å². The summed E-state index contributed by atoms with van der Waals surface area (Å²) in [6.45, 7) is 1.44. The summed E-state index contributed by atoms with van der Waals surface area (Å²) >= 11 is 0. The summed E-state index contributed by atoms with van der Waals surface area (Å²) in [6, 6.07) is 13.5. The van der Waals surface area contributed by atoms with Crippen LogP contribution in [0.2, 0.25) is 0 Å². The summed E-state index contributed by atoms with van der Waals surface area (Å²) in [5.41, 5.74) is 4.05. The zero-order valence-electron chi connectivity index (χ0n) is 12.0. The number of nitrogens with one attached hydrogen (secondary N) is 2. The van der Waals surface area contributed by atoms with Crippen molar-refractivity contribution in [1.82, 2.24) is 5.32 Å². The smallest absolute Gasteiger partial charge is 0.251 e. The summed E-state index contributed by atoms with van der Waals surface area (Å²) in [4.78, 5) is 12.2. The Morgan fingerprint density at radius 3 is 3.05 bits per heavy atom. The van der Waals surface area contributed by atoms with Crippen molar-refractivity contribution in [2.24, 2.45) is 0 Å². The highest BCUT2D eigenvalue weighted by Gasteiger charge is 2.13. The number of carbonyl (C=O) groups is 1. The summed E-state index contributed by atoms with van der Waals surface area (Å²) in [5, 5.41) is 6.22. The fraction of sp³-hybridized carbons (Fsp3) is 0.235. The van der Waals surface area contributed by atoms with Gasteiger partial charge in [0.15, 0.2) is 0 Å². The molecule has 0 saturated heterocycles. The highest BCUT2D eigenvalue weighted by Crippen LogP contribution is 2.23. The first kappa shape index (κ1) is 13.5. The van der Waals surface area contributed by atoms with E-state index in [-0.39, 0.29) is 5.91 Å². The van der Waals surface area contributed by atoms with Crippen LogP contribution < -0.4 is 15.4 Å². The van der Waals surface area contributed by atoms with Gasteiger partial charge in [0.25, 0.3) is 5.91 Å². The van der Waals surface area contributed by atoms with Gasteiger partial charge < -0.3 is 15.4 Å². The Hall–Kier alpha value is -2.49. The zero-order chi connectivity index (χ0) is 14.7. The SMILES string of the molecule is COc1cccc(CNC(=O)c2ccc3c(c2)NCC3)c1. The van der Waals surface area contributed by atoms with Crippen molar-refractivity contribution in [2.45, 2.75) is 13.0 Å². The van der Waals surface area contributed by atoms with E-state index >= 15 is 0 Å². The Balaban J connectivity index is 1.66. The minimum atomic E-state index is -0.0608. The van der Waals surface area contributed by atoms with Crippen molar-refractivity contribution in [3.63, 3.8) is 0 Å². The third kappa shape index (κ3) is 2.99. The van der Waals surface area contributed by atoms with Crippen molar-refractivity contribution in [3.05, 3.63) is 59.2 Å². The van der Waals surface area contributed by atoms with Crippen molar-refractivity contribution < 1.29 is 9.53 Å². The number of fused-ring (bicyclic) bond motifs is 1. The lowest BCUT2D eigenvalue weighted by molar-refractivity contribution is 0.0951. The van der Waals surface area contributed by atoms with Crippen molar-refractivity contribution in [2.75, 3.05) is 19.0 Å². The normalized spacial score (nSPS) is 12.4. The standard InChI is InChI=1S/C17H18N2O2/c1-21-15-4-2-3-12(9-15)11-19-17(20)14-6-5-13-7-8-18-16(13)10-14/h2-6,9-10,18H,7-8,11H2,1H3,(H,19,20). The molecule has 0 bridgehead atoms. The zero-order valence-corrected chi connectivity index (χ0v) is 12.0. The van der Waals surface area contributed by atoms with Crippen molar-refractivity contribution in [3.8, 4) is 5.75 Å². The Labute approximate surface area is 124 Å². The van der Waals surface area contributed by atoms with Crippen LogP contribution in [0.3, 0.4) is 0 Å². The summed E-state index contributed by atoms with van der Waals surface area (Å²) in [6.07, 6.45) is 1.03. The van der Waals surface area contributed by atoms with E-state index in [9.17, 15) is 4.79 Å². The quantitative estimate of drug-likeness (QED) is 0.906. The van der Waals surface area contributed by atoms with Gasteiger partial charge in [0, 0.05) is 24.3 Å². The number of rotatable bonds is 4. The van der Waals surface area contributed by atoms with E-state index in [4.69, 9.17) is 4.74 Å². The molecule has 0 atom stereocenters. The molecule has 1 amide bonds. The van der Waals surface area contributed by atoms with Gasteiger partial charge in [-0.1, -0.05) is 18.2 Å². The first-order valence-corrected chi connectivity index (χ1v) is 7.04. The second-order valence-electron chi connectivity index (χ2n) is 5.08. The average Bonchev–Trinajstić information content (AvgIpc) is 3.00. The number of benzene rings is 2. The summed E-state index contributed by atoms with van der Waals surface area (Å²) < 4.78 is 5.18. The largest absolute Gasteiger partial charge is 0.497 e. The first-order valence-electron chi connectivity index (χ1n) is 7.04. The minimum Gasteiger partial charge on any atom is -0.497 e. The lowest BCUT2D eigenvalue weighted by Crippen LogP contribution is -2.22. The van der Waals surface area contributed by atoms with E-state index in [1.54, 1.807) is 7.11 Å².